The van der Waals surface area contributed by atoms with Crippen LogP contribution in [0.15, 0.2) is 18.3 Å². The summed E-state index contributed by atoms with van der Waals surface area (Å²) in [7, 11) is 4.11. The molecular formula is C13H22FN3. The summed E-state index contributed by atoms with van der Waals surface area (Å²) in [5.41, 5.74) is 0.905. The Kier molecular flexibility index (Phi) is 5.51. The normalized spacial score (nSPS) is 14.9. The SMILES string of the molecule is CCNC(c1ccc(F)cn1)C(C)CN(C)C. The summed E-state index contributed by atoms with van der Waals surface area (Å²) in [4.78, 5) is 6.32. The Balaban J connectivity index is 2.80. The van der Waals surface area contributed by atoms with Crippen LogP contribution in [0.2, 0.25) is 0 Å². The van der Waals surface area contributed by atoms with E-state index in [-0.39, 0.29) is 11.9 Å². The summed E-state index contributed by atoms with van der Waals surface area (Å²) >= 11 is 0. The molecule has 1 aromatic heterocycles. The molecule has 1 N–H and O–H groups in total. The van der Waals surface area contributed by atoms with E-state index >= 15 is 0 Å². The van der Waals surface area contributed by atoms with Crippen LogP contribution < -0.4 is 5.32 Å². The molecule has 0 spiro atoms. The maximum Gasteiger partial charge on any atom is 0.141 e. The van der Waals surface area contributed by atoms with E-state index in [1.54, 1.807) is 6.07 Å². The van der Waals surface area contributed by atoms with Gasteiger partial charge in [0, 0.05) is 6.54 Å². The van der Waals surface area contributed by atoms with E-state index in [1.807, 2.05) is 0 Å². The van der Waals surface area contributed by atoms with Crippen molar-refractivity contribution in [2.45, 2.75) is 19.9 Å². The van der Waals surface area contributed by atoms with Crippen molar-refractivity contribution in [1.82, 2.24) is 15.2 Å². The Morgan fingerprint density at radius 1 is 1.41 bits per heavy atom. The van der Waals surface area contributed by atoms with Crippen LogP contribution in [-0.2, 0) is 0 Å². The molecule has 4 heteroatoms. The minimum atomic E-state index is -0.288. The quantitative estimate of drug-likeness (QED) is 0.823. The zero-order valence-corrected chi connectivity index (χ0v) is 11.1. The fraction of sp³-hybridized carbons (Fsp3) is 0.615. The van der Waals surface area contributed by atoms with E-state index in [2.05, 4.69) is 43.1 Å². The Hall–Kier alpha value is -1.00. The van der Waals surface area contributed by atoms with Gasteiger partial charge in [-0.1, -0.05) is 13.8 Å². The van der Waals surface area contributed by atoms with Crippen LogP contribution in [0.3, 0.4) is 0 Å². The van der Waals surface area contributed by atoms with E-state index in [4.69, 9.17) is 0 Å². The number of rotatable bonds is 6. The third-order valence-electron chi connectivity index (χ3n) is 2.72. The third kappa shape index (κ3) is 4.40. The number of aromatic nitrogens is 1. The maximum atomic E-state index is 12.9. The Bertz CT molecular complexity index is 324. The van der Waals surface area contributed by atoms with E-state index in [1.165, 1.54) is 12.3 Å². The standard InChI is InChI=1S/C13H22FN3/c1-5-15-13(10(2)9-17(3)4)12-7-6-11(14)8-16-12/h6-8,10,13,15H,5,9H2,1-4H3. The first-order chi connectivity index (χ1) is 8.04. The first-order valence-corrected chi connectivity index (χ1v) is 6.04. The molecule has 0 fully saturated rings. The lowest BCUT2D eigenvalue weighted by Gasteiger charge is -2.26. The second-order valence-corrected chi connectivity index (χ2v) is 4.68. The smallest absolute Gasteiger partial charge is 0.141 e. The molecule has 3 nitrogen and oxygen atoms in total. The topological polar surface area (TPSA) is 28.2 Å². The molecule has 0 saturated heterocycles. The van der Waals surface area contributed by atoms with Gasteiger partial charge in [0.05, 0.1) is 17.9 Å². The van der Waals surface area contributed by atoms with Gasteiger partial charge < -0.3 is 10.2 Å². The van der Waals surface area contributed by atoms with Crippen LogP contribution in [0.25, 0.3) is 0 Å². The molecule has 0 amide bonds. The van der Waals surface area contributed by atoms with Crippen LogP contribution in [0.5, 0.6) is 0 Å². The number of halogens is 1. The Labute approximate surface area is 103 Å². The van der Waals surface area contributed by atoms with Gasteiger partial charge in [-0.05, 0) is 38.7 Å². The second-order valence-electron chi connectivity index (χ2n) is 4.68. The summed E-state index contributed by atoms with van der Waals surface area (Å²) < 4.78 is 12.9. The summed E-state index contributed by atoms with van der Waals surface area (Å²) in [6.07, 6.45) is 1.28. The Morgan fingerprint density at radius 2 is 2.12 bits per heavy atom. The van der Waals surface area contributed by atoms with Crippen molar-refractivity contribution in [3.05, 3.63) is 29.8 Å². The fourth-order valence-electron chi connectivity index (χ4n) is 2.07. The molecule has 1 heterocycles. The molecule has 2 unspecified atom stereocenters. The highest BCUT2D eigenvalue weighted by molar-refractivity contribution is 5.11. The summed E-state index contributed by atoms with van der Waals surface area (Å²) in [5.74, 6) is 0.132. The van der Waals surface area contributed by atoms with Gasteiger partial charge in [-0.3, -0.25) is 4.98 Å². The minimum Gasteiger partial charge on any atom is -0.309 e. The first kappa shape index (κ1) is 14.1. The van der Waals surface area contributed by atoms with E-state index < -0.39 is 0 Å². The highest BCUT2D eigenvalue weighted by Crippen LogP contribution is 2.20. The molecule has 0 aliphatic rings. The van der Waals surface area contributed by atoms with Crippen molar-refractivity contribution in [1.29, 1.82) is 0 Å². The molecule has 0 bridgehead atoms. The lowest BCUT2D eigenvalue weighted by atomic mass is 9.97. The van der Waals surface area contributed by atoms with Gasteiger partial charge >= 0.3 is 0 Å². The zero-order chi connectivity index (χ0) is 12.8. The van der Waals surface area contributed by atoms with E-state index in [9.17, 15) is 4.39 Å². The average molecular weight is 239 g/mol. The number of pyridine rings is 1. The van der Waals surface area contributed by atoms with Gasteiger partial charge in [0.25, 0.3) is 0 Å². The molecule has 2 atom stereocenters. The van der Waals surface area contributed by atoms with Gasteiger partial charge in [-0.15, -0.1) is 0 Å². The molecule has 1 aromatic rings. The van der Waals surface area contributed by atoms with E-state index in [0.29, 0.717) is 5.92 Å². The molecule has 0 aromatic carbocycles. The first-order valence-electron chi connectivity index (χ1n) is 6.04. The highest BCUT2D eigenvalue weighted by Gasteiger charge is 2.20. The number of nitrogens with one attached hydrogen (secondary N) is 1. The monoisotopic (exact) mass is 239 g/mol. The minimum absolute atomic E-state index is 0.169. The van der Waals surface area contributed by atoms with Gasteiger partial charge in [-0.25, -0.2) is 4.39 Å². The van der Waals surface area contributed by atoms with Crippen molar-refractivity contribution < 1.29 is 4.39 Å². The summed E-state index contributed by atoms with van der Waals surface area (Å²) in [5, 5.41) is 3.41. The summed E-state index contributed by atoms with van der Waals surface area (Å²) in [6, 6.07) is 3.40. The number of nitrogens with zero attached hydrogens (tertiary/aromatic N) is 2. The molecule has 0 saturated carbocycles. The van der Waals surface area contributed by atoms with Gasteiger partial charge in [0.1, 0.15) is 5.82 Å². The van der Waals surface area contributed by atoms with Crippen molar-refractivity contribution >= 4 is 0 Å². The van der Waals surface area contributed by atoms with Crippen molar-refractivity contribution in [2.24, 2.45) is 5.92 Å². The van der Waals surface area contributed by atoms with Crippen LogP contribution in [-0.4, -0.2) is 37.1 Å². The van der Waals surface area contributed by atoms with Crippen molar-refractivity contribution in [3.8, 4) is 0 Å². The van der Waals surface area contributed by atoms with Crippen LogP contribution >= 0.6 is 0 Å². The molecule has 17 heavy (non-hydrogen) atoms. The predicted octanol–water partition coefficient (Wildman–Crippen LogP) is 2.07. The van der Waals surface area contributed by atoms with Crippen molar-refractivity contribution in [2.75, 3.05) is 27.2 Å². The maximum absolute atomic E-state index is 12.9. The lowest BCUT2D eigenvalue weighted by molar-refractivity contribution is 0.280. The second kappa shape index (κ2) is 6.67. The van der Waals surface area contributed by atoms with Crippen molar-refractivity contribution in [3.63, 3.8) is 0 Å². The largest absolute Gasteiger partial charge is 0.309 e. The summed E-state index contributed by atoms with van der Waals surface area (Å²) in [6.45, 7) is 6.09. The molecule has 1 rings (SSSR count). The van der Waals surface area contributed by atoms with E-state index in [0.717, 1.165) is 18.8 Å². The molecule has 0 aliphatic heterocycles. The van der Waals surface area contributed by atoms with Crippen LogP contribution in [0, 0.1) is 11.7 Å². The highest BCUT2D eigenvalue weighted by atomic mass is 19.1. The molecular weight excluding hydrogens is 217 g/mol. The van der Waals surface area contributed by atoms with Crippen LogP contribution in [0.4, 0.5) is 4.39 Å². The van der Waals surface area contributed by atoms with Gasteiger partial charge in [-0.2, -0.15) is 0 Å². The van der Waals surface area contributed by atoms with Crippen LogP contribution in [0.1, 0.15) is 25.6 Å². The number of hydrogen-bond donors (Lipinski definition) is 1. The average Bonchev–Trinajstić information content (AvgIpc) is 2.26. The van der Waals surface area contributed by atoms with Gasteiger partial charge in [0.15, 0.2) is 0 Å². The predicted molar refractivity (Wildman–Crippen MR) is 68.3 cm³/mol. The lowest BCUT2D eigenvalue weighted by Crippen LogP contribution is -2.33. The molecule has 0 radical (unpaired) electrons. The molecule has 0 aliphatic carbocycles. The number of hydrogen-bond acceptors (Lipinski definition) is 3. The third-order valence-corrected chi connectivity index (χ3v) is 2.72. The van der Waals surface area contributed by atoms with Gasteiger partial charge in [0.2, 0.25) is 0 Å². The molecule has 96 valence electrons. The fourth-order valence-corrected chi connectivity index (χ4v) is 2.07. The zero-order valence-electron chi connectivity index (χ0n) is 11.1. The Morgan fingerprint density at radius 3 is 2.59 bits per heavy atom.